The number of amides is 4. The summed E-state index contributed by atoms with van der Waals surface area (Å²) in [6.45, 7) is 0.120. The van der Waals surface area contributed by atoms with Gasteiger partial charge in [-0.1, -0.05) is 54.6 Å². The van der Waals surface area contributed by atoms with Gasteiger partial charge in [-0.3, -0.25) is 14.4 Å². The maximum Gasteiger partial charge on any atom is 0.319 e. The molecule has 4 amide bonds. The number of carboxylic acids is 1. The second kappa shape index (κ2) is 15.5. The number of hydrogen-bond acceptors (Lipinski definition) is 5. The summed E-state index contributed by atoms with van der Waals surface area (Å²) in [4.78, 5) is 48.0. The molecular weight excluding hydrogens is 512 g/mol. The minimum absolute atomic E-state index is 0.189. The van der Waals surface area contributed by atoms with Crippen LogP contribution in [-0.4, -0.2) is 49.1 Å². The summed E-state index contributed by atoms with van der Waals surface area (Å²) in [6, 6.07) is 22.9. The topological polar surface area (TPSA) is 146 Å². The second-order valence-electron chi connectivity index (χ2n) is 9.05. The molecule has 0 spiro atoms. The Labute approximate surface area is 233 Å². The Bertz CT molecular complexity index is 1260. The van der Waals surface area contributed by atoms with E-state index in [2.05, 4.69) is 21.3 Å². The van der Waals surface area contributed by atoms with E-state index in [4.69, 9.17) is 4.74 Å². The number of carbonyl (C=O) groups is 4. The van der Waals surface area contributed by atoms with Crippen LogP contribution >= 0.6 is 0 Å². The summed E-state index contributed by atoms with van der Waals surface area (Å²) in [5, 5.41) is 20.0. The molecule has 0 radical (unpaired) electrons. The van der Waals surface area contributed by atoms with Crippen molar-refractivity contribution in [1.82, 2.24) is 16.0 Å². The highest BCUT2D eigenvalue weighted by molar-refractivity contribution is 5.89. The maximum atomic E-state index is 12.5. The van der Waals surface area contributed by atoms with Gasteiger partial charge >= 0.3 is 12.0 Å². The van der Waals surface area contributed by atoms with Gasteiger partial charge in [-0.2, -0.15) is 0 Å². The lowest BCUT2D eigenvalue weighted by Gasteiger charge is -2.18. The zero-order chi connectivity index (χ0) is 28.7. The van der Waals surface area contributed by atoms with Crippen molar-refractivity contribution in [2.75, 3.05) is 25.5 Å². The summed E-state index contributed by atoms with van der Waals surface area (Å²) in [7, 11) is 1.56. The van der Waals surface area contributed by atoms with E-state index < -0.39 is 17.9 Å². The number of ether oxygens (including phenoxy) is 1. The first-order valence-electron chi connectivity index (χ1n) is 13.0. The number of urea groups is 1. The quantitative estimate of drug-likeness (QED) is 0.193. The number of unbranched alkanes of at least 4 members (excludes halogenated alkanes) is 1. The number of aliphatic carboxylic acids is 1. The average molecular weight is 547 g/mol. The summed E-state index contributed by atoms with van der Waals surface area (Å²) < 4.78 is 5.08. The number of carbonyl (C=O) groups excluding carboxylic acids is 3. The van der Waals surface area contributed by atoms with E-state index in [0.717, 1.165) is 11.1 Å². The molecule has 10 nitrogen and oxygen atoms in total. The zero-order valence-corrected chi connectivity index (χ0v) is 22.3. The molecule has 3 aromatic rings. The fraction of sp³-hybridized carbons (Fsp3) is 0.267. The third kappa shape index (κ3) is 10.1. The number of benzene rings is 3. The Hall–Kier alpha value is -4.86. The van der Waals surface area contributed by atoms with Crippen LogP contribution in [0, 0.1) is 0 Å². The van der Waals surface area contributed by atoms with Gasteiger partial charge < -0.3 is 31.1 Å². The highest BCUT2D eigenvalue weighted by Gasteiger charge is 2.18. The van der Waals surface area contributed by atoms with E-state index in [1.54, 1.807) is 43.5 Å². The molecule has 0 aromatic heterocycles. The molecule has 5 N–H and O–H groups in total. The lowest BCUT2D eigenvalue weighted by Crippen LogP contribution is -2.39. The van der Waals surface area contributed by atoms with Gasteiger partial charge in [0, 0.05) is 18.7 Å². The third-order valence-electron chi connectivity index (χ3n) is 6.04. The second-order valence-corrected chi connectivity index (χ2v) is 9.05. The zero-order valence-electron chi connectivity index (χ0n) is 22.3. The van der Waals surface area contributed by atoms with E-state index in [0.29, 0.717) is 36.4 Å². The number of hydrogen-bond donors (Lipinski definition) is 5. The van der Waals surface area contributed by atoms with Gasteiger partial charge in [-0.25, -0.2) is 4.79 Å². The minimum Gasteiger partial charge on any atom is -0.497 e. The van der Waals surface area contributed by atoms with Gasteiger partial charge in [0.1, 0.15) is 5.75 Å². The maximum absolute atomic E-state index is 12.5. The molecule has 0 aliphatic heterocycles. The Morgan fingerprint density at radius 2 is 1.48 bits per heavy atom. The lowest BCUT2D eigenvalue weighted by molar-refractivity contribution is -0.138. The van der Waals surface area contributed by atoms with E-state index >= 15 is 0 Å². The fourth-order valence-electron chi connectivity index (χ4n) is 3.94. The first kappa shape index (κ1) is 29.7. The highest BCUT2D eigenvalue weighted by atomic mass is 16.5. The Morgan fingerprint density at radius 1 is 0.800 bits per heavy atom. The summed E-state index contributed by atoms with van der Waals surface area (Å²) in [6.07, 6.45) is 0.999. The average Bonchev–Trinajstić information content (AvgIpc) is 2.96. The molecule has 210 valence electrons. The molecule has 0 aliphatic carbocycles. The van der Waals surface area contributed by atoms with Gasteiger partial charge in [0.2, 0.25) is 11.8 Å². The van der Waals surface area contributed by atoms with Crippen molar-refractivity contribution in [3.63, 3.8) is 0 Å². The Balaban J connectivity index is 1.35. The molecule has 1 atom stereocenters. The third-order valence-corrected chi connectivity index (χ3v) is 6.04. The molecule has 0 bridgehead atoms. The van der Waals surface area contributed by atoms with Gasteiger partial charge in [0.25, 0.3) is 0 Å². The fourth-order valence-corrected chi connectivity index (χ4v) is 3.94. The predicted molar refractivity (Wildman–Crippen MR) is 152 cm³/mol. The standard InChI is InChI=1S/C30H34N4O6/c1-40-25-16-14-24(15-17-25)33-30(39)31-18-6-5-9-27(35)32-20-28(36)34-26(19-29(37)38)23-12-10-22(11-13-23)21-7-3-2-4-8-21/h2-4,7-8,10-17,26H,5-6,9,18-20H2,1H3,(H,32,35)(H,34,36)(H,37,38)(H2,31,33,39). The Morgan fingerprint density at radius 3 is 2.12 bits per heavy atom. The highest BCUT2D eigenvalue weighted by Crippen LogP contribution is 2.23. The number of anilines is 1. The van der Waals surface area contributed by atoms with E-state index in [9.17, 15) is 24.3 Å². The number of rotatable bonds is 14. The van der Waals surface area contributed by atoms with Crippen molar-refractivity contribution in [2.24, 2.45) is 0 Å². The van der Waals surface area contributed by atoms with Crippen LogP contribution in [0.3, 0.4) is 0 Å². The van der Waals surface area contributed by atoms with Crippen LogP contribution in [0.25, 0.3) is 11.1 Å². The lowest BCUT2D eigenvalue weighted by atomic mass is 9.99. The molecule has 1 unspecified atom stereocenters. The van der Waals surface area contributed by atoms with Crippen LogP contribution in [-0.2, 0) is 14.4 Å². The first-order chi connectivity index (χ1) is 19.3. The molecular formula is C30H34N4O6. The molecule has 0 fully saturated rings. The van der Waals surface area contributed by atoms with Crippen LogP contribution in [0.15, 0.2) is 78.9 Å². The SMILES string of the molecule is COc1ccc(NC(=O)NCCCCC(=O)NCC(=O)NC(CC(=O)O)c2ccc(-c3ccccc3)cc2)cc1. The van der Waals surface area contributed by atoms with Crippen LogP contribution < -0.4 is 26.0 Å². The summed E-state index contributed by atoms with van der Waals surface area (Å²) >= 11 is 0. The molecule has 40 heavy (non-hydrogen) atoms. The van der Waals surface area contributed by atoms with Gasteiger partial charge in [-0.15, -0.1) is 0 Å². The molecule has 0 saturated carbocycles. The summed E-state index contributed by atoms with van der Waals surface area (Å²) in [5.41, 5.74) is 3.30. The smallest absolute Gasteiger partial charge is 0.319 e. The van der Waals surface area contributed by atoms with Crippen molar-refractivity contribution >= 4 is 29.5 Å². The van der Waals surface area contributed by atoms with E-state index in [1.807, 2.05) is 42.5 Å². The van der Waals surface area contributed by atoms with Crippen LogP contribution in [0.2, 0.25) is 0 Å². The monoisotopic (exact) mass is 546 g/mol. The Kier molecular flexibility index (Phi) is 11.5. The molecule has 0 aliphatic rings. The van der Waals surface area contributed by atoms with Crippen LogP contribution in [0.1, 0.15) is 37.3 Å². The van der Waals surface area contributed by atoms with Crippen molar-refractivity contribution in [3.8, 4) is 16.9 Å². The number of carboxylic acid groups (broad SMARTS) is 1. The van der Waals surface area contributed by atoms with E-state index in [1.165, 1.54) is 0 Å². The molecule has 3 aromatic carbocycles. The molecule has 10 heteroatoms. The van der Waals surface area contributed by atoms with Gasteiger partial charge in [-0.05, 0) is 53.8 Å². The summed E-state index contributed by atoms with van der Waals surface area (Å²) in [5.74, 6) is -1.15. The molecule has 3 rings (SSSR count). The predicted octanol–water partition coefficient (Wildman–Crippen LogP) is 4.10. The van der Waals surface area contributed by atoms with Crippen LogP contribution in [0.4, 0.5) is 10.5 Å². The van der Waals surface area contributed by atoms with Crippen molar-refractivity contribution in [3.05, 3.63) is 84.4 Å². The van der Waals surface area contributed by atoms with Crippen molar-refractivity contribution in [1.29, 1.82) is 0 Å². The molecule has 0 heterocycles. The largest absolute Gasteiger partial charge is 0.497 e. The minimum atomic E-state index is -1.05. The first-order valence-corrected chi connectivity index (χ1v) is 13.0. The van der Waals surface area contributed by atoms with Crippen LogP contribution in [0.5, 0.6) is 5.75 Å². The van der Waals surface area contributed by atoms with E-state index in [-0.39, 0.29) is 31.3 Å². The number of methoxy groups -OCH3 is 1. The van der Waals surface area contributed by atoms with Crippen molar-refractivity contribution in [2.45, 2.75) is 31.7 Å². The van der Waals surface area contributed by atoms with Gasteiger partial charge in [0.05, 0.1) is 26.1 Å². The van der Waals surface area contributed by atoms with Crippen molar-refractivity contribution < 1.29 is 29.0 Å². The number of nitrogens with one attached hydrogen (secondary N) is 4. The van der Waals surface area contributed by atoms with Gasteiger partial charge in [0.15, 0.2) is 0 Å². The molecule has 0 saturated heterocycles. The normalized spacial score (nSPS) is 11.1.